The van der Waals surface area contributed by atoms with E-state index in [1.54, 1.807) is 38.2 Å². The normalized spacial score (nSPS) is 11.2. The molecule has 0 saturated heterocycles. The standard InChI is InChI=1S/C14H17N3O2S/c1-14(2,3)19-13(18)17-11-8-16-10(7-9(11)15)12-5-4-6-20-12/h4-8H,1-3H3,(H2,15,16)(H,17,18). The monoisotopic (exact) mass is 291 g/mol. The Morgan fingerprint density at radius 3 is 2.75 bits per heavy atom. The molecule has 2 aromatic rings. The van der Waals surface area contributed by atoms with Crippen LogP contribution in [0.3, 0.4) is 0 Å². The van der Waals surface area contributed by atoms with Gasteiger partial charge >= 0.3 is 6.09 Å². The van der Waals surface area contributed by atoms with E-state index in [0.29, 0.717) is 11.4 Å². The average Bonchev–Trinajstić information content (AvgIpc) is 2.82. The van der Waals surface area contributed by atoms with Crippen molar-refractivity contribution in [2.24, 2.45) is 0 Å². The quantitative estimate of drug-likeness (QED) is 0.883. The number of ether oxygens (including phenoxy) is 1. The van der Waals surface area contributed by atoms with Crippen LogP contribution < -0.4 is 11.1 Å². The molecule has 20 heavy (non-hydrogen) atoms. The van der Waals surface area contributed by atoms with Crippen LogP contribution in [0.25, 0.3) is 10.6 Å². The van der Waals surface area contributed by atoms with Gasteiger partial charge in [0.1, 0.15) is 5.60 Å². The van der Waals surface area contributed by atoms with Crippen molar-refractivity contribution >= 4 is 28.8 Å². The summed E-state index contributed by atoms with van der Waals surface area (Å²) in [7, 11) is 0. The zero-order valence-electron chi connectivity index (χ0n) is 11.6. The van der Waals surface area contributed by atoms with Crippen LogP contribution in [0.2, 0.25) is 0 Å². The van der Waals surface area contributed by atoms with Crippen molar-refractivity contribution in [3.05, 3.63) is 29.8 Å². The van der Waals surface area contributed by atoms with Gasteiger partial charge < -0.3 is 10.5 Å². The Bertz CT molecular complexity index is 603. The van der Waals surface area contributed by atoms with E-state index in [1.807, 2.05) is 17.5 Å². The van der Waals surface area contributed by atoms with E-state index in [2.05, 4.69) is 10.3 Å². The highest BCUT2D eigenvalue weighted by Crippen LogP contribution is 2.27. The number of rotatable bonds is 2. The summed E-state index contributed by atoms with van der Waals surface area (Å²) >= 11 is 1.58. The van der Waals surface area contributed by atoms with E-state index in [9.17, 15) is 4.79 Å². The molecule has 6 heteroatoms. The second kappa shape index (κ2) is 5.50. The predicted octanol–water partition coefficient (Wildman–Crippen LogP) is 3.74. The molecule has 3 N–H and O–H groups in total. The molecule has 0 atom stereocenters. The number of pyridine rings is 1. The third kappa shape index (κ3) is 3.71. The molecule has 0 fully saturated rings. The third-order valence-electron chi connectivity index (χ3n) is 2.35. The summed E-state index contributed by atoms with van der Waals surface area (Å²) < 4.78 is 5.17. The van der Waals surface area contributed by atoms with Gasteiger partial charge in [-0.25, -0.2) is 4.79 Å². The molecule has 2 heterocycles. The number of hydrogen-bond acceptors (Lipinski definition) is 5. The molecule has 0 unspecified atom stereocenters. The minimum Gasteiger partial charge on any atom is -0.444 e. The number of carbonyl (C=O) groups is 1. The van der Waals surface area contributed by atoms with Crippen molar-refractivity contribution in [1.82, 2.24) is 4.98 Å². The lowest BCUT2D eigenvalue weighted by atomic mass is 10.2. The maximum absolute atomic E-state index is 11.7. The molecule has 0 aliphatic carbocycles. The molecule has 0 radical (unpaired) electrons. The van der Waals surface area contributed by atoms with Crippen LogP contribution >= 0.6 is 11.3 Å². The van der Waals surface area contributed by atoms with Gasteiger partial charge in [-0.15, -0.1) is 11.3 Å². The van der Waals surface area contributed by atoms with Crippen molar-refractivity contribution < 1.29 is 9.53 Å². The molecule has 0 bridgehead atoms. The van der Waals surface area contributed by atoms with Gasteiger partial charge in [-0.3, -0.25) is 10.3 Å². The lowest BCUT2D eigenvalue weighted by Crippen LogP contribution is -2.27. The SMILES string of the molecule is CC(C)(C)OC(=O)Nc1cnc(-c2cccs2)cc1N. The maximum atomic E-state index is 11.7. The fraction of sp³-hybridized carbons (Fsp3) is 0.286. The summed E-state index contributed by atoms with van der Waals surface area (Å²) in [6.45, 7) is 5.40. The predicted molar refractivity (Wildman–Crippen MR) is 81.8 cm³/mol. The topological polar surface area (TPSA) is 77.2 Å². The van der Waals surface area contributed by atoms with Gasteiger partial charge in [0.15, 0.2) is 0 Å². The number of carbonyl (C=O) groups excluding carboxylic acids is 1. The van der Waals surface area contributed by atoms with Crippen molar-refractivity contribution in [3.8, 4) is 10.6 Å². The second-order valence-electron chi connectivity index (χ2n) is 5.26. The number of thiophene rings is 1. The second-order valence-corrected chi connectivity index (χ2v) is 6.21. The molecule has 0 spiro atoms. The molecule has 0 aromatic carbocycles. The lowest BCUT2D eigenvalue weighted by molar-refractivity contribution is 0.0636. The van der Waals surface area contributed by atoms with Gasteiger partial charge in [0.25, 0.3) is 0 Å². The number of aromatic nitrogens is 1. The Balaban J connectivity index is 2.13. The van der Waals surface area contributed by atoms with Crippen LogP contribution in [0.4, 0.5) is 16.2 Å². The first kappa shape index (κ1) is 14.3. The Labute approximate surface area is 121 Å². The Hall–Kier alpha value is -2.08. The van der Waals surface area contributed by atoms with Gasteiger partial charge in [0.05, 0.1) is 28.1 Å². The molecule has 2 aromatic heterocycles. The van der Waals surface area contributed by atoms with Gasteiger partial charge in [0, 0.05) is 0 Å². The smallest absolute Gasteiger partial charge is 0.412 e. The lowest BCUT2D eigenvalue weighted by Gasteiger charge is -2.20. The first-order valence-electron chi connectivity index (χ1n) is 6.14. The third-order valence-corrected chi connectivity index (χ3v) is 3.24. The molecule has 0 aliphatic heterocycles. The molecule has 0 saturated carbocycles. The number of nitrogens with zero attached hydrogens (tertiary/aromatic N) is 1. The van der Waals surface area contributed by atoms with Crippen molar-refractivity contribution in [3.63, 3.8) is 0 Å². The number of nitrogen functional groups attached to an aromatic ring is 1. The highest BCUT2D eigenvalue weighted by atomic mass is 32.1. The van der Waals surface area contributed by atoms with E-state index in [4.69, 9.17) is 10.5 Å². The maximum Gasteiger partial charge on any atom is 0.412 e. The van der Waals surface area contributed by atoms with Crippen molar-refractivity contribution in [1.29, 1.82) is 0 Å². The molecular weight excluding hydrogens is 274 g/mol. The van der Waals surface area contributed by atoms with Gasteiger partial charge in [-0.1, -0.05) is 6.07 Å². The first-order valence-corrected chi connectivity index (χ1v) is 7.02. The molecular formula is C14H17N3O2S. The van der Waals surface area contributed by atoms with Crippen LogP contribution in [0.15, 0.2) is 29.8 Å². The van der Waals surface area contributed by atoms with Gasteiger partial charge in [0.2, 0.25) is 0 Å². The minimum absolute atomic E-state index is 0.444. The highest BCUT2D eigenvalue weighted by molar-refractivity contribution is 7.13. The van der Waals surface area contributed by atoms with Gasteiger partial charge in [-0.05, 0) is 38.3 Å². The minimum atomic E-state index is -0.552. The van der Waals surface area contributed by atoms with Crippen LogP contribution in [0.1, 0.15) is 20.8 Å². The van der Waals surface area contributed by atoms with Crippen molar-refractivity contribution in [2.45, 2.75) is 26.4 Å². The zero-order chi connectivity index (χ0) is 14.8. The largest absolute Gasteiger partial charge is 0.444 e. The molecule has 106 valence electrons. The van der Waals surface area contributed by atoms with E-state index in [-0.39, 0.29) is 0 Å². The fourth-order valence-corrected chi connectivity index (χ4v) is 2.24. The average molecular weight is 291 g/mol. The zero-order valence-corrected chi connectivity index (χ0v) is 12.5. The Kier molecular flexibility index (Phi) is 3.94. The summed E-state index contributed by atoms with van der Waals surface area (Å²) in [6.07, 6.45) is 0.990. The van der Waals surface area contributed by atoms with E-state index in [0.717, 1.165) is 10.6 Å². The molecule has 2 rings (SSSR count). The van der Waals surface area contributed by atoms with Crippen LogP contribution in [-0.2, 0) is 4.74 Å². The van der Waals surface area contributed by atoms with Crippen LogP contribution in [0.5, 0.6) is 0 Å². The number of amides is 1. The van der Waals surface area contributed by atoms with E-state index >= 15 is 0 Å². The Morgan fingerprint density at radius 2 is 2.20 bits per heavy atom. The van der Waals surface area contributed by atoms with E-state index in [1.165, 1.54) is 6.20 Å². The van der Waals surface area contributed by atoms with Crippen LogP contribution in [-0.4, -0.2) is 16.7 Å². The number of nitrogens with two attached hydrogens (primary N) is 1. The summed E-state index contributed by atoms with van der Waals surface area (Å²) in [4.78, 5) is 17.0. The number of anilines is 2. The number of nitrogens with one attached hydrogen (secondary N) is 1. The van der Waals surface area contributed by atoms with Crippen LogP contribution in [0, 0.1) is 0 Å². The summed E-state index contributed by atoms with van der Waals surface area (Å²) in [5, 5.41) is 4.57. The fourth-order valence-electron chi connectivity index (χ4n) is 1.55. The van der Waals surface area contributed by atoms with Gasteiger partial charge in [-0.2, -0.15) is 0 Å². The van der Waals surface area contributed by atoms with E-state index < -0.39 is 11.7 Å². The summed E-state index contributed by atoms with van der Waals surface area (Å²) in [5.74, 6) is 0. The molecule has 0 aliphatic rings. The molecule has 1 amide bonds. The van der Waals surface area contributed by atoms with Crippen molar-refractivity contribution in [2.75, 3.05) is 11.1 Å². The highest BCUT2D eigenvalue weighted by Gasteiger charge is 2.17. The first-order chi connectivity index (χ1) is 9.35. The Morgan fingerprint density at radius 1 is 1.45 bits per heavy atom. The molecule has 5 nitrogen and oxygen atoms in total. The number of hydrogen-bond donors (Lipinski definition) is 2. The summed E-state index contributed by atoms with van der Waals surface area (Å²) in [5.41, 5.74) is 7.06. The summed E-state index contributed by atoms with van der Waals surface area (Å²) in [6, 6.07) is 5.65.